The third kappa shape index (κ3) is 3.93. The monoisotopic (exact) mass is 389 g/mol. The molecule has 1 fully saturated rings. The van der Waals surface area contributed by atoms with Gasteiger partial charge in [0.2, 0.25) is 5.91 Å². The molecule has 1 atom stereocenters. The average Bonchev–Trinajstić information content (AvgIpc) is 2.88. The van der Waals surface area contributed by atoms with E-state index in [1.165, 1.54) is 24.3 Å². The molecule has 1 saturated heterocycles. The lowest BCUT2D eigenvalue weighted by molar-refractivity contribution is -0.133. The Labute approximate surface area is 159 Å². The summed E-state index contributed by atoms with van der Waals surface area (Å²) in [7, 11) is 0. The molecule has 9 heteroatoms. The van der Waals surface area contributed by atoms with Gasteiger partial charge in [0.25, 0.3) is 5.91 Å². The van der Waals surface area contributed by atoms with Crippen LogP contribution in [0.1, 0.15) is 12.5 Å². The molecule has 0 spiro atoms. The highest BCUT2D eigenvalue weighted by Gasteiger charge is 2.49. The minimum atomic E-state index is -2.95. The predicted molar refractivity (Wildman–Crippen MR) is 95.7 cm³/mol. The molecule has 0 saturated carbocycles. The fourth-order valence-electron chi connectivity index (χ4n) is 2.87. The van der Waals surface area contributed by atoms with E-state index in [-0.39, 0.29) is 5.75 Å². The minimum Gasteiger partial charge on any atom is -0.435 e. The SMILES string of the molecule is C[C@]1(c2ccccc2)NC(=O)N(CC(=O)Nc2ccc(OC(F)F)cc2)C1=O. The Morgan fingerprint density at radius 1 is 1.14 bits per heavy atom. The van der Waals surface area contributed by atoms with Crippen LogP contribution >= 0.6 is 0 Å². The van der Waals surface area contributed by atoms with E-state index in [4.69, 9.17) is 0 Å². The van der Waals surface area contributed by atoms with Crippen LogP contribution in [0.3, 0.4) is 0 Å². The van der Waals surface area contributed by atoms with Crippen LogP contribution < -0.4 is 15.4 Å². The summed E-state index contributed by atoms with van der Waals surface area (Å²) < 4.78 is 28.5. The van der Waals surface area contributed by atoms with Gasteiger partial charge >= 0.3 is 12.6 Å². The number of nitrogens with one attached hydrogen (secondary N) is 2. The number of amides is 4. The fraction of sp³-hybridized carbons (Fsp3) is 0.211. The second-order valence-electron chi connectivity index (χ2n) is 6.26. The van der Waals surface area contributed by atoms with Gasteiger partial charge < -0.3 is 15.4 Å². The maximum Gasteiger partial charge on any atom is 0.387 e. The molecular formula is C19H17F2N3O4. The number of benzene rings is 2. The molecule has 4 amide bonds. The minimum absolute atomic E-state index is 0.0549. The van der Waals surface area contributed by atoms with Crippen LogP contribution in [0.25, 0.3) is 0 Å². The molecule has 146 valence electrons. The van der Waals surface area contributed by atoms with Gasteiger partial charge in [0.1, 0.15) is 17.8 Å². The molecule has 0 aromatic heterocycles. The van der Waals surface area contributed by atoms with E-state index in [1.807, 2.05) is 0 Å². The zero-order chi connectivity index (χ0) is 20.3. The summed E-state index contributed by atoms with van der Waals surface area (Å²) in [4.78, 5) is 38.0. The van der Waals surface area contributed by atoms with Gasteiger partial charge in [-0.25, -0.2) is 4.79 Å². The maximum absolute atomic E-state index is 12.7. The number of nitrogens with zero attached hydrogens (tertiary/aromatic N) is 1. The average molecular weight is 389 g/mol. The standard InChI is InChI=1S/C19H17F2N3O4/c1-19(12-5-3-2-4-6-12)16(26)24(18(27)23-19)11-15(25)22-13-7-9-14(10-8-13)28-17(20)21/h2-10,17H,11H2,1H3,(H,22,25)(H,23,27)/t19-/m1/s1. The summed E-state index contributed by atoms with van der Waals surface area (Å²) in [6.45, 7) is -1.86. The molecule has 1 aliphatic heterocycles. The molecular weight excluding hydrogens is 372 g/mol. The summed E-state index contributed by atoms with van der Waals surface area (Å²) in [5.41, 5.74) is -0.345. The van der Waals surface area contributed by atoms with Gasteiger partial charge in [0.05, 0.1) is 0 Å². The van der Waals surface area contributed by atoms with Gasteiger partial charge in [0.15, 0.2) is 0 Å². The van der Waals surface area contributed by atoms with Crippen LogP contribution in [0, 0.1) is 0 Å². The molecule has 3 rings (SSSR count). The van der Waals surface area contributed by atoms with Crippen molar-refractivity contribution in [3.05, 3.63) is 60.2 Å². The molecule has 2 aromatic rings. The summed E-state index contributed by atoms with van der Waals surface area (Å²) in [6.07, 6.45) is 0. The molecule has 0 unspecified atom stereocenters. The highest BCUT2D eigenvalue weighted by atomic mass is 19.3. The predicted octanol–water partition coefficient (Wildman–Crippen LogP) is 2.69. The smallest absolute Gasteiger partial charge is 0.387 e. The normalized spacial score (nSPS) is 18.9. The highest BCUT2D eigenvalue weighted by Crippen LogP contribution is 2.28. The Hall–Kier alpha value is -3.49. The molecule has 1 heterocycles. The van der Waals surface area contributed by atoms with Crippen molar-refractivity contribution in [1.29, 1.82) is 0 Å². The summed E-state index contributed by atoms with van der Waals surface area (Å²) in [5.74, 6) is -1.21. The molecule has 2 N–H and O–H groups in total. The summed E-state index contributed by atoms with van der Waals surface area (Å²) in [6, 6.07) is 13.3. The van der Waals surface area contributed by atoms with Crippen molar-refractivity contribution in [2.45, 2.75) is 19.1 Å². The molecule has 0 aliphatic carbocycles. The fourth-order valence-corrected chi connectivity index (χ4v) is 2.87. The summed E-state index contributed by atoms with van der Waals surface area (Å²) >= 11 is 0. The van der Waals surface area contributed by atoms with Gasteiger partial charge in [-0.2, -0.15) is 8.78 Å². The number of halogens is 2. The van der Waals surface area contributed by atoms with Crippen molar-refractivity contribution in [2.24, 2.45) is 0 Å². The number of anilines is 1. The molecule has 0 radical (unpaired) electrons. The molecule has 2 aromatic carbocycles. The summed E-state index contributed by atoms with van der Waals surface area (Å²) in [5, 5.41) is 5.11. The Bertz CT molecular complexity index is 890. The second kappa shape index (κ2) is 7.63. The van der Waals surface area contributed by atoms with E-state index in [2.05, 4.69) is 15.4 Å². The topological polar surface area (TPSA) is 87.7 Å². The lowest BCUT2D eigenvalue weighted by Crippen LogP contribution is -2.42. The van der Waals surface area contributed by atoms with E-state index >= 15 is 0 Å². The number of urea groups is 1. The first-order valence-corrected chi connectivity index (χ1v) is 8.34. The molecule has 7 nitrogen and oxygen atoms in total. The molecule has 0 bridgehead atoms. The molecule has 28 heavy (non-hydrogen) atoms. The maximum atomic E-state index is 12.7. The van der Waals surface area contributed by atoms with Gasteiger partial charge in [-0.15, -0.1) is 0 Å². The van der Waals surface area contributed by atoms with E-state index in [1.54, 1.807) is 37.3 Å². The Kier molecular flexibility index (Phi) is 5.25. The largest absolute Gasteiger partial charge is 0.435 e. The number of hydrogen-bond donors (Lipinski definition) is 2. The van der Waals surface area contributed by atoms with Crippen molar-refractivity contribution >= 4 is 23.5 Å². The van der Waals surface area contributed by atoms with E-state index < -0.39 is 36.5 Å². The quantitative estimate of drug-likeness (QED) is 0.744. The Morgan fingerprint density at radius 3 is 2.39 bits per heavy atom. The van der Waals surface area contributed by atoms with Crippen molar-refractivity contribution < 1.29 is 27.9 Å². The molecule has 1 aliphatic rings. The number of ether oxygens (including phenoxy) is 1. The van der Waals surface area contributed by atoms with E-state index in [0.29, 0.717) is 11.3 Å². The number of carbonyl (C=O) groups is 3. The van der Waals surface area contributed by atoms with Crippen molar-refractivity contribution in [3.8, 4) is 5.75 Å². The van der Waals surface area contributed by atoms with Crippen LogP contribution in [0.2, 0.25) is 0 Å². The third-order valence-corrected chi connectivity index (χ3v) is 4.29. The van der Waals surface area contributed by atoms with Crippen LogP contribution in [0.15, 0.2) is 54.6 Å². The number of carbonyl (C=O) groups excluding carboxylic acids is 3. The van der Waals surface area contributed by atoms with Gasteiger partial charge in [-0.1, -0.05) is 30.3 Å². The van der Waals surface area contributed by atoms with E-state index in [0.717, 1.165) is 4.90 Å². The number of imide groups is 1. The number of hydrogen-bond acceptors (Lipinski definition) is 4. The van der Waals surface area contributed by atoms with Crippen LogP contribution in [0.5, 0.6) is 5.75 Å². The third-order valence-electron chi connectivity index (χ3n) is 4.29. The first-order chi connectivity index (χ1) is 13.3. The first-order valence-electron chi connectivity index (χ1n) is 8.34. The number of alkyl halides is 2. The first kappa shape index (κ1) is 19.3. The Balaban J connectivity index is 1.65. The van der Waals surface area contributed by atoms with E-state index in [9.17, 15) is 23.2 Å². The van der Waals surface area contributed by atoms with Crippen LogP contribution in [-0.2, 0) is 15.1 Å². The Morgan fingerprint density at radius 2 is 1.79 bits per heavy atom. The number of rotatable bonds is 6. The van der Waals surface area contributed by atoms with Gasteiger partial charge in [-0.05, 0) is 36.8 Å². The van der Waals surface area contributed by atoms with Crippen molar-refractivity contribution in [2.75, 3.05) is 11.9 Å². The lowest BCUT2D eigenvalue weighted by Gasteiger charge is -2.22. The van der Waals surface area contributed by atoms with Crippen molar-refractivity contribution in [3.63, 3.8) is 0 Å². The lowest BCUT2D eigenvalue weighted by atomic mass is 9.92. The van der Waals surface area contributed by atoms with Crippen LogP contribution in [0.4, 0.5) is 19.3 Å². The highest BCUT2D eigenvalue weighted by molar-refractivity contribution is 6.10. The zero-order valence-corrected chi connectivity index (χ0v) is 14.8. The van der Waals surface area contributed by atoms with Crippen LogP contribution in [-0.4, -0.2) is 35.9 Å². The zero-order valence-electron chi connectivity index (χ0n) is 14.8. The second-order valence-corrected chi connectivity index (χ2v) is 6.26. The van der Waals surface area contributed by atoms with Gasteiger partial charge in [0, 0.05) is 5.69 Å². The van der Waals surface area contributed by atoms with Crippen molar-refractivity contribution in [1.82, 2.24) is 10.2 Å². The van der Waals surface area contributed by atoms with Gasteiger partial charge in [-0.3, -0.25) is 14.5 Å².